The summed E-state index contributed by atoms with van der Waals surface area (Å²) in [6.07, 6.45) is 6.11. The van der Waals surface area contributed by atoms with Crippen molar-refractivity contribution in [3.8, 4) is 0 Å². The molecule has 0 bridgehead atoms. The molecule has 2 heterocycles. The summed E-state index contributed by atoms with van der Waals surface area (Å²) in [6, 6.07) is 8.50. The van der Waals surface area contributed by atoms with Crippen molar-refractivity contribution in [1.82, 2.24) is 9.97 Å². The van der Waals surface area contributed by atoms with Crippen LogP contribution in [0.1, 0.15) is 29.9 Å². The van der Waals surface area contributed by atoms with Gasteiger partial charge in [0, 0.05) is 24.8 Å². The Kier molecular flexibility index (Phi) is 3.95. The van der Waals surface area contributed by atoms with Crippen LogP contribution in [-0.2, 0) is 0 Å². The number of benzene rings is 1. The van der Waals surface area contributed by atoms with Gasteiger partial charge in [0.05, 0.1) is 0 Å². The summed E-state index contributed by atoms with van der Waals surface area (Å²) >= 11 is 0. The largest absolute Gasteiger partial charge is 0.356 e. The number of rotatable bonds is 3. The maximum atomic E-state index is 13.2. The first kappa shape index (κ1) is 13.7. The van der Waals surface area contributed by atoms with Gasteiger partial charge in [0.15, 0.2) is 5.82 Å². The Bertz CT molecular complexity index is 661. The first-order chi connectivity index (χ1) is 10.2. The molecule has 0 atom stereocenters. The fourth-order valence-corrected chi connectivity index (χ4v) is 2.54. The van der Waals surface area contributed by atoms with Crippen molar-refractivity contribution in [3.05, 3.63) is 53.2 Å². The Morgan fingerprint density at radius 2 is 1.90 bits per heavy atom. The van der Waals surface area contributed by atoms with E-state index < -0.39 is 0 Å². The highest BCUT2D eigenvalue weighted by Crippen LogP contribution is 2.19. The molecule has 0 spiro atoms. The molecule has 1 aromatic carbocycles. The van der Waals surface area contributed by atoms with Crippen LogP contribution >= 0.6 is 0 Å². The van der Waals surface area contributed by atoms with Crippen molar-refractivity contribution in [3.63, 3.8) is 0 Å². The van der Waals surface area contributed by atoms with Gasteiger partial charge in [0.1, 0.15) is 11.6 Å². The molecule has 0 N–H and O–H groups in total. The first-order valence-corrected chi connectivity index (χ1v) is 7.25. The lowest BCUT2D eigenvalue weighted by molar-refractivity contribution is 0.627. The van der Waals surface area contributed by atoms with Crippen molar-refractivity contribution >= 4 is 18.0 Å². The summed E-state index contributed by atoms with van der Waals surface area (Å²) in [4.78, 5) is 11.3. The molecule has 1 aliphatic rings. The Hall–Kier alpha value is -2.23. The SMILES string of the molecule is Cc1cc(N2CCCC2)nc(C=Cc2cccc(F)c2)n1. The highest BCUT2D eigenvalue weighted by atomic mass is 19.1. The molecule has 0 radical (unpaired) electrons. The fraction of sp³-hybridized carbons (Fsp3) is 0.294. The Morgan fingerprint density at radius 3 is 2.67 bits per heavy atom. The predicted molar refractivity (Wildman–Crippen MR) is 83.5 cm³/mol. The second-order valence-corrected chi connectivity index (χ2v) is 5.31. The van der Waals surface area contributed by atoms with Gasteiger partial charge in [-0.15, -0.1) is 0 Å². The van der Waals surface area contributed by atoms with Gasteiger partial charge in [-0.3, -0.25) is 0 Å². The fourth-order valence-electron chi connectivity index (χ4n) is 2.54. The van der Waals surface area contributed by atoms with E-state index in [0.717, 1.165) is 30.2 Å². The molecule has 0 aliphatic carbocycles. The van der Waals surface area contributed by atoms with Crippen LogP contribution in [0.3, 0.4) is 0 Å². The second kappa shape index (κ2) is 6.04. The van der Waals surface area contributed by atoms with E-state index in [1.807, 2.05) is 31.2 Å². The third-order valence-electron chi connectivity index (χ3n) is 3.56. The van der Waals surface area contributed by atoms with Gasteiger partial charge >= 0.3 is 0 Å². The molecular weight excluding hydrogens is 265 g/mol. The standard InChI is InChI=1S/C17H18FN3/c1-13-11-17(21-9-2-3-10-21)20-16(19-13)8-7-14-5-4-6-15(18)12-14/h4-8,11-12H,2-3,9-10H2,1H3. The van der Waals surface area contributed by atoms with E-state index in [1.165, 1.54) is 25.0 Å². The number of anilines is 1. The average Bonchev–Trinajstić information content (AvgIpc) is 2.99. The van der Waals surface area contributed by atoms with Gasteiger partial charge in [-0.1, -0.05) is 18.2 Å². The minimum absolute atomic E-state index is 0.236. The number of halogens is 1. The lowest BCUT2D eigenvalue weighted by Gasteiger charge is -2.16. The van der Waals surface area contributed by atoms with E-state index in [9.17, 15) is 4.39 Å². The van der Waals surface area contributed by atoms with Gasteiger partial charge in [-0.25, -0.2) is 14.4 Å². The second-order valence-electron chi connectivity index (χ2n) is 5.31. The third kappa shape index (κ3) is 3.45. The third-order valence-corrected chi connectivity index (χ3v) is 3.56. The topological polar surface area (TPSA) is 29.0 Å². The zero-order chi connectivity index (χ0) is 14.7. The van der Waals surface area contributed by atoms with E-state index in [1.54, 1.807) is 6.07 Å². The molecule has 3 rings (SSSR count). The molecule has 2 aromatic rings. The molecule has 0 unspecified atom stereocenters. The number of hydrogen-bond donors (Lipinski definition) is 0. The molecule has 3 nitrogen and oxygen atoms in total. The number of nitrogens with zero attached hydrogens (tertiary/aromatic N) is 3. The quantitative estimate of drug-likeness (QED) is 0.860. The van der Waals surface area contributed by atoms with Gasteiger partial charge in [0.2, 0.25) is 0 Å². The molecule has 1 saturated heterocycles. The molecule has 108 valence electrons. The maximum Gasteiger partial charge on any atom is 0.154 e. The van der Waals surface area contributed by atoms with Crippen molar-refractivity contribution in [2.75, 3.05) is 18.0 Å². The van der Waals surface area contributed by atoms with Crippen molar-refractivity contribution < 1.29 is 4.39 Å². The van der Waals surface area contributed by atoms with Crippen LogP contribution in [0.15, 0.2) is 30.3 Å². The predicted octanol–water partition coefficient (Wildman–Crippen LogP) is 3.69. The van der Waals surface area contributed by atoms with Crippen LogP contribution < -0.4 is 4.90 Å². The van der Waals surface area contributed by atoms with Crippen LogP contribution in [-0.4, -0.2) is 23.1 Å². The minimum Gasteiger partial charge on any atom is -0.356 e. The molecule has 1 fully saturated rings. The monoisotopic (exact) mass is 283 g/mol. The molecule has 1 aliphatic heterocycles. The van der Waals surface area contributed by atoms with Crippen molar-refractivity contribution in [2.24, 2.45) is 0 Å². The van der Waals surface area contributed by atoms with Gasteiger partial charge < -0.3 is 4.90 Å². The van der Waals surface area contributed by atoms with Gasteiger partial charge in [-0.05, 0) is 43.5 Å². The van der Waals surface area contributed by atoms with Gasteiger partial charge in [-0.2, -0.15) is 0 Å². The van der Waals surface area contributed by atoms with Crippen LogP contribution in [0.25, 0.3) is 12.2 Å². The Labute approximate surface area is 124 Å². The zero-order valence-electron chi connectivity index (χ0n) is 12.1. The van der Waals surface area contributed by atoms with Crippen molar-refractivity contribution in [1.29, 1.82) is 0 Å². The van der Waals surface area contributed by atoms with E-state index in [0.29, 0.717) is 5.82 Å². The summed E-state index contributed by atoms with van der Waals surface area (Å²) in [7, 11) is 0. The zero-order valence-corrected chi connectivity index (χ0v) is 12.1. The highest BCUT2D eigenvalue weighted by Gasteiger charge is 2.14. The number of aryl methyl sites for hydroxylation is 1. The smallest absolute Gasteiger partial charge is 0.154 e. The normalized spacial score (nSPS) is 15.0. The van der Waals surface area contributed by atoms with E-state index in [4.69, 9.17) is 0 Å². The summed E-state index contributed by atoms with van der Waals surface area (Å²) < 4.78 is 13.2. The van der Waals surface area contributed by atoms with E-state index in [-0.39, 0.29) is 5.82 Å². The molecular formula is C17H18FN3. The summed E-state index contributed by atoms with van der Waals surface area (Å²) in [5.74, 6) is 1.42. The lowest BCUT2D eigenvalue weighted by atomic mass is 10.2. The molecule has 0 saturated carbocycles. The first-order valence-electron chi connectivity index (χ1n) is 7.25. The summed E-state index contributed by atoms with van der Waals surface area (Å²) in [6.45, 7) is 4.09. The minimum atomic E-state index is -0.236. The summed E-state index contributed by atoms with van der Waals surface area (Å²) in [5.41, 5.74) is 1.76. The highest BCUT2D eigenvalue weighted by molar-refractivity contribution is 5.67. The number of aromatic nitrogens is 2. The molecule has 21 heavy (non-hydrogen) atoms. The van der Waals surface area contributed by atoms with Crippen LogP contribution in [0, 0.1) is 12.7 Å². The number of hydrogen-bond acceptors (Lipinski definition) is 3. The Morgan fingerprint density at radius 1 is 1.10 bits per heavy atom. The molecule has 0 amide bonds. The molecule has 1 aromatic heterocycles. The lowest BCUT2D eigenvalue weighted by Crippen LogP contribution is -2.19. The van der Waals surface area contributed by atoms with Crippen LogP contribution in [0.4, 0.5) is 10.2 Å². The van der Waals surface area contributed by atoms with Crippen molar-refractivity contribution in [2.45, 2.75) is 19.8 Å². The summed E-state index contributed by atoms with van der Waals surface area (Å²) in [5, 5.41) is 0. The van der Waals surface area contributed by atoms with E-state index >= 15 is 0 Å². The van der Waals surface area contributed by atoms with E-state index in [2.05, 4.69) is 14.9 Å². The average molecular weight is 283 g/mol. The van der Waals surface area contributed by atoms with Crippen LogP contribution in [0.5, 0.6) is 0 Å². The van der Waals surface area contributed by atoms with Gasteiger partial charge in [0.25, 0.3) is 0 Å². The maximum absolute atomic E-state index is 13.2. The Balaban J connectivity index is 1.84. The van der Waals surface area contributed by atoms with Crippen LogP contribution in [0.2, 0.25) is 0 Å². The molecule has 4 heteroatoms.